The number of benzene rings is 1. The Kier molecular flexibility index (Phi) is 10.1. The summed E-state index contributed by atoms with van der Waals surface area (Å²) >= 11 is 0. The lowest BCUT2D eigenvalue weighted by Crippen LogP contribution is -2.42. The highest BCUT2D eigenvalue weighted by Gasteiger charge is 2.09. The Labute approximate surface area is 178 Å². The number of nitrogens with zero attached hydrogens (tertiary/aromatic N) is 3. The number of ether oxygens (including phenoxy) is 1. The van der Waals surface area contributed by atoms with Gasteiger partial charge in [-0.2, -0.15) is 5.10 Å². The molecule has 0 radical (unpaired) electrons. The minimum Gasteiger partial charge on any atom is -0.497 e. The van der Waals surface area contributed by atoms with E-state index in [0.29, 0.717) is 24.3 Å². The number of hydrogen-bond acceptors (Lipinski definition) is 4. The number of rotatable bonds is 8. The maximum atomic E-state index is 5.17. The highest BCUT2D eigenvalue weighted by molar-refractivity contribution is 14.0. The fraction of sp³-hybridized carbons (Fsp3) is 0.526. The number of aromatic amines is 1. The topological polar surface area (TPSA) is 87.2 Å². The third-order valence-corrected chi connectivity index (χ3v) is 4.09. The third-order valence-electron chi connectivity index (χ3n) is 4.09. The van der Waals surface area contributed by atoms with Crippen molar-refractivity contribution < 1.29 is 4.74 Å². The van der Waals surface area contributed by atoms with Crippen molar-refractivity contribution in [1.82, 2.24) is 25.8 Å². The van der Waals surface area contributed by atoms with E-state index in [0.717, 1.165) is 29.5 Å². The summed E-state index contributed by atoms with van der Waals surface area (Å²) in [6.45, 7) is 7.18. The summed E-state index contributed by atoms with van der Waals surface area (Å²) in [6, 6.07) is 8.04. The van der Waals surface area contributed by atoms with Crippen molar-refractivity contribution in [3.8, 4) is 17.1 Å². The number of aromatic nitrogens is 3. The van der Waals surface area contributed by atoms with Gasteiger partial charge in [0.05, 0.1) is 13.7 Å². The monoisotopic (exact) mass is 486 g/mol. The number of halogens is 1. The first-order chi connectivity index (χ1) is 12.5. The second-order valence-corrected chi connectivity index (χ2v) is 6.78. The fourth-order valence-electron chi connectivity index (χ4n) is 2.49. The standard InChI is InChI=1S/C19H30N6O.HI/c1-13(2)6-7-14(3)22-19(20-4)21-12-17-23-18(25-24-17)15-8-10-16(26-5)11-9-15;/h8-11,13-14H,6-7,12H2,1-5H3,(H2,20,21,22)(H,23,24,25);1H. The van der Waals surface area contributed by atoms with E-state index < -0.39 is 0 Å². The predicted molar refractivity (Wildman–Crippen MR) is 121 cm³/mol. The fourth-order valence-corrected chi connectivity index (χ4v) is 2.49. The first kappa shape index (κ1) is 23.2. The molecule has 0 fully saturated rings. The van der Waals surface area contributed by atoms with Crippen LogP contribution in [-0.2, 0) is 6.54 Å². The number of methoxy groups -OCH3 is 1. The Morgan fingerprint density at radius 3 is 2.48 bits per heavy atom. The molecule has 0 aliphatic carbocycles. The van der Waals surface area contributed by atoms with E-state index in [-0.39, 0.29) is 24.0 Å². The molecular weight excluding hydrogens is 455 g/mol. The molecule has 1 heterocycles. The maximum absolute atomic E-state index is 5.17. The Hall–Kier alpha value is -1.84. The molecule has 0 amide bonds. The van der Waals surface area contributed by atoms with Gasteiger partial charge in [-0.15, -0.1) is 24.0 Å². The van der Waals surface area contributed by atoms with Crippen molar-refractivity contribution in [2.75, 3.05) is 14.2 Å². The van der Waals surface area contributed by atoms with Crippen molar-refractivity contribution in [2.24, 2.45) is 10.9 Å². The Balaban J connectivity index is 0.00000364. The van der Waals surface area contributed by atoms with Gasteiger partial charge in [-0.1, -0.05) is 13.8 Å². The highest BCUT2D eigenvalue weighted by Crippen LogP contribution is 2.18. The molecule has 1 aromatic carbocycles. The molecule has 1 atom stereocenters. The predicted octanol–water partition coefficient (Wildman–Crippen LogP) is 3.59. The minimum atomic E-state index is 0. The molecular formula is C19H31IN6O. The number of hydrogen-bond donors (Lipinski definition) is 3. The molecule has 150 valence electrons. The molecule has 27 heavy (non-hydrogen) atoms. The molecule has 3 N–H and O–H groups in total. The summed E-state index contributed by atoms with van der Waals surface area (Å²) in [5.41, 5.74) is 0.943. The quantitative estimate of drug-likeness (QED) is 0.302. The molecule has 0 saturated heterocycles. The lowest BCUT2D eigenvalue weighted by atomic mass is 10.0. The summed E-state index contributed by atoms with van der Waals surface area (Å²) in [5, 5.41) is 13.9. The second-order valence-electron chi connectivity index (χ2n) is 6.78. The normalized spacial score (nSPS) is 12.4. The number of guanidine groups is 1. The van der Waals surface area contributed by atoms with Gasteiger partial charge in [0.1, 0.15) is 11.6 Å². The summed E-state index contributed by atoms with van der Waals surface area (Å²) in [4.78, 5) is 8.80. The zero-order chi connectivity index (χ0) is 18.9. The van der Waals surface area contributed by atoms with E-state index in [2.05, 4.69) is 51.6 Å². The van der Waals surface area contributed by atoms with Crippen LogP contribution in [0.2, 0.25) is 0 Å². The van der Waals surface area contributed by atoms with Crippen molar-refractivity contribution in [1.29, 1.82) is 0 Å². The van der Waals surface area contributed by atoms with Crippen molar-refractivity contribution in [2.45, 2.75) is 46.2 Å². The zero-order valence-corrected chi connectivity index (χ0v) is 19.1. The maximum Gasteiger partial charge on any atom is 0.191 e. The molecule has 0 saturated carbocycles. The smallest absolute Gasteiger partial charge is 0.191 e. The van der Waals surface area contributed by atoms with Crippen molar-refractivity contribution in [3.63, 3.8) is 0 Å². The highest BCUT2D eigenvalue weighted by atomic mass is 127. The van der Waals surface area contributed by atoms with E-state index in [1.165, 1.54) is 6.42 Å². The van der Waals surface area contributed by atoms with Gasteiger partial charge >= 0.3 is 0 Å². The molecule has 2 aromatic rings. The average Bonchev–Trinajstić information content (AvgIpc) is 3.12. The van der Waals surface area contributed by atoms with Crippen LogP contribution in [0.25, 0.3) is 11.4 Å². The number of H-pyrrole nitrogens is 1. The van der Waals surface area contributed by atoms with Crippen LogP contribution in [-0.4, -0.2) is 41.3 Å². The summed E-state index contributed by atoms with van der Waals surface area (Å²) in [7, 11) is 3.42. The van der Waals surface area contributed by atoms with Crippen molar-refractivity contribution >= 4 is 29.9 Å². The Morgan fingerprint density at radius 1 is 1.19 bits per heavy atom. The van der Waals surface area contributed by atoms with Gasteiger partial charge in [-0.25, -0.2) is 4.98 Å². The van der Waals surface area contributed by atoms with E-state index in [1.807, 2.05) is 24.3 Å². The van der Waals surface area contributed by atoms with E-state index in [1.54, 1.807) is 14.2 Å². The Bertz CT molecular complexity index is 698. The lowest BCUT2D eigenvalue weighted by Gasteiger charge is -2.18. The Morgan fingerprint density at radius 2 is 1.89 bits per heavy atom. The van der Waals surface area contributed by atoms with Crippen LogP contribution in [0.3, 0.4) is 0 Å². The van der Waals surface area contributed by atoms with Gasteiger partial charge in [-0.3, -0.25) is 10.1 Å². The van der Waals surface area contributed by atoms with Crippen LogP contribution in [0.15, 0.2) is 29.3 Å². The molecule has 1 unspecified atom stereocenters. The molecule has 7 nitrogen and oxygen atoms in total. The molecule has 2 rings (SSSR count). The zero-order valence-electron chi connectivity index (χ0n) is 16.7. The molecule has 0 aliphatic heterocycles. The minimum absolute atomic E-state index is 0. The summed E-state index contributed by atoms with van der Waals surface area (Å²) < 4.78 is 5.17. The van der Waals surface area contributed by atoms with Crippen LogP contribution in [0.4, 0.5) is 0 Å². The van der Waals surface area contributed by atoms with Gasteiger partial charge in [0.25, 0.3) is 0 Å². The molecule has 0 bridgehead atoms. The van der Waals surface area contributed by atoms with Crippen LogP contribution in [0, 0.1) is 5.92 Å². The molecule has 8 heteroatoms. The van der Waals surface area contributed by atoms with E-state index >= 15 is 0 Å². The lowest BCUT2D eigenvalue weighted by molar-refractivity contribution is 0.415. The molecule has 1 aromatic heterocycles. The molecule has 0 aliphatic rings. The number of aliphatic imine (C=N–C) groups is 1. The second kappa shape index (κ2) is 11.8. The third kappa shape index (κ3) is 7.74. The van der Waals surface area contributed by atoms with Crippen LogP contribution >= 0.6 is 24.0 Å². The van der Waals surface area contributed by atoms with Gasteiger partial charge in [-0.05, 0) is 49.9 Å². The van der Waals surface area contributed by atoms with Gasteiger partial charge < -0.3 is 15.4 Å². The van der Waals surface area contributed by atoms with Gasteiger partial charge in [0.15, 0.2) is 11.8 Å². The van der Waals surface area contributed by atoms with Crippen molar-refractivity contribution in [3.05, 3.63) is 30.1 Å². The first-order valence-corrected chi connectivity index (χ1v) is 9.04. The van der Waals surface area contributed by atoms with E-state index in [9.17, 15) is 0 Å². The van der Waals surface area contributed by atoms with Crippen LogP contribution in [0.1, 0.15) is 39.4 Å². The average molecular weight is 486 g/mol. The van der Waals surface area contributed by atoms with Crippen LogP contribution < -0.4 is 15.4 Å². The van der Waals surface area contributed by atoms with E-state index in [4.69, 9.17) is 4.74 Å². The summed E-state index contributed by atoms with van der Waals surface area (Å²) in [6.07, 6.45) is 2.31. The van der Waals surface area contributed by atoms with Gasteiger partial charge in [0.2, 0.25) is 0 Å². The number of nitrogens with one attached hydrogen (secondary N) is 3. The summed E-state index contributed by atoms with van der Waals surface area (Å²) in [5.74, 6) is 3.71. The SMILES string of the molecule is CN=C(NCc1nc(-c2ccc(OC)cc2)n[nH]1)NC(C)CCC(C)C.I. The molecule has 0 spiro atoms. The largest absolute Gasteiger partial charge is 0.497 e. The first-order valence-electron chi connectivity index (χ1n) is 9.04. The van der Waals surface area contributed by atoms with Gasteiger partial charge in [0, 0.05) is 18.7 Å². The van der Waals surface area contributed by atoms with Crippen LogP contribution in [0.5, 0.6) is 5.75 Å².